The van der Waals surface area contributed by atoms with Gasteiger partial charge in [0.1, 0.15) is 5.75 Å². The van der Waals surface area contributed by atoms with Gasteiger partial charge in [0, 0.05) is 37.6 Å². The minimum atomic E-state index is 0.0190. The average Bonchev–Trinajstić information content (AvgIpc) is 2.74. The molecule has 3 aromatic rings. The molecule has 1 fully saturated rings. The molecule has 1 saturated heterocycles. The van der Waals surface area contributed by atoms with Gasteiger partial charge in [-0.1, -0.05) is 18.2 Å². The number of benzene rings is 1. The Labute approximate surface area is 164 Å². The van der Waals surface area contributed by atoms with E-state index in [1.807, 2.05) is 48.2 Å². The van der Waals surface area contributed by atoms with Crippen molar-refractivity contribution in [2.75, 3.05) is 13.1 Å². The van der Waals surface area contributed by atoms with Crippen LogP contribution >= 0.6 is 0 Å². The number of hydrogen-bond donors (Lipinski definition) is 0. The number of piperidine rings is 1. The number of likely N-dealkylation sites (tertiary alicyclic amines) is 1. The second kappa shape index (κ2) is 8.17. The normalized spacial score (nSPS) is 16.6. The molecule has 6 heteroatoms. The molecule has 1 amide bonds. The molecule has 0 aliphatic carbocycles. The molecule has 1 unspecified atom stereocenters. The molecule has 1 atom stereocenters. The highest BCUT2D eigenvalue weighted by Crippen LogP contribution is 2.28. The first-order chi connectivity index (χ1) is 13.7. The summed E-state index contributed by atoms with van der Waals surface area (Å²) in [5.74, 6) is 1.35. The molecule has 2 aromatic heterocycles. The molecule has 1 aliphatic heterocycles. The predicted molar refractivity (Wildman–Crippen MR) is 105 cm³/mol. The Kier molecular flexibility index (Phi) is 5.28. The quantitative estimate of drug-likeness (QED) is 0.691. The van der Waals surface area contributed by atoms with Gasteiger partial charge in [-0.25, -0.2) is 4.98 Å². The van der Waals surface area contributed by atoms with Crippen LogP contribution in [0.4, 0.5) is 0 Å². The Morgan fingerprint density at radius 3 is 2.75 bits per heavy atom. The Bertz CT molecular complexity index is 962. The molecule has 142 valence electrons. The summed E-state index contributed by atoms with van der Waals surface area (Å²) in [7, 11) is 0. The van der Waals surface area contributed by atoms with E-state index < -0.39 is 0 Å². The summed E-state index contributed by atoms with van der Waals surface area (Å²) in [5.41, 5.74) is 2.47. The molecule has 1 aromatic carbocycles. The highest BCUT2D eigenvalue weighted by molar-refractivity contribution is 5.94. The third kappa shape index (κ3) is 4.17. The third-order valence-corrected chi connectivity index (χ3v) is 4.85. The van der Waals surface area contributed by atoms with E-state index in [0.717, 1.165) is 36.4 Å². The third-order valence-electron chi connectivity index (χ3n) is 4.85. The zero-order valence-corrected chi connectivity index (χ0v) is 15.8. The maximum atomic E-state index is 12.9. The first-order valence-electron chi connectivity index (χ1n) is 9.45. The fourth-order valence-electron chi connectivity index (χ4n) is 3.48. The lowest BCUT2D eigenvalue weighted by Crippen LogP contribution is -2.39. The van der Waals surface area contributed by atoms with Gasteiger partial charge in [-0.15, -0.1) is 0 Å². The topological polar surface area (TPSA) is 68.2 Å². The number of hydrogen-bond acceptors (Lipinski definition) is 5. The summed E-state index contributed by atoms with van der Waals surface area (Å²) in [6.45, 7) is 3.31. The largest absolute Gasteiger partial charge is 0.437 e. The molecule has 3 heterocycles. The van der Waals surface area contributed by atoms with Crippen LogP contribution in [-0.4, -0.2) is 38.8 Å². The molecule has 28 heavy (non-hydrogen) atoms. The van der Waals surface area contributed by atoms with Crippen molar-refractivity contribution in [3.63, 3.8) is 0 Å². The molecule has 1 aliphatic rings. The molecular formula is C22H22N4O2. The Morgan fingerprint density at radius 2 is 1.93 bits per heavy atom. The van der Waals surface area contributed by atoms with Crippen LogP contribution in [0.1, 0.15) is 40.4 Å². The van der Waals surface area contributed by atoms with Gasteiger partial charge in [0.25, 0.3) is 5.91 Å². The monoisotopic (exact) mass is 374 g/mol. The molecule has 0 bridgehead atoms. The number of pyridine rings is 1. The van der Waals surface area contributed by atoms with Gasteiger partial charge < -0.3 is 9.64 Å². The molecule has 0 radical (unpaired) electrons. The number of rotatable bonds is 4. The molecular weight excluding hydrogens is 352 g/mol. The fraction of sp³-hybridized carbons (Fsp3) is 0.273. The van der Waals surface area contributed by atoms with Crippen LogP contribution in [-0.2, 0) is 0 Å². The summed E-state index contributed by atoms with van der Waals surface area (Å²) in [4.78, 5) is 27.8. The van der Waals surface area contributed by atoms with Crippen LogP contribution in [0.15, 0.2) is 61.2 Å². The first-order valence-corrected chi connectivity index (χ1v) is 9.45. The van der Waals surface area contributed by atoms with E-state index in [0.29, 0.717) is 18.0 Å². The summed E-state index contributed by atoms with van der Waals surface area (Å²) < 4.78 is 5.80. The number of para-hydroxylation sites is 1. The van der Waals surface area contributed by atoms with Gasteiger partial charge in [0.15, 0.2) is 0 Å². The summed E-state index contributed by atoms with van der Waals surface area (Å²) >= 11 is 0. The van der Waals surface area contributed by atoms with E-state index in [9.17, 15) is 4.79 Å². The van der Waals surface area contributed by atoms with Gasteiger partial charge in [0.2, 0.25) is 5.88 Å². The minimum absolute atomic E-state index is 0.0190. The van der Waals surface area contributed by atoms with E-state index in [2.05, 4.69) is 15.0 Å². The fourth-order valence-corrected chi connectivity index (χ4v) is 3.48. The molecule has 0 spiro atoms. The van der Waals surface area contributed by atoms with Crippen molar-refractivity contribution >= 4 is 5.91 Å². The molecule has 0 saturated carbocycles. The van der Waals surface area contributed by atoms with Crippen molar-refractivity contribution in [3.8, 4) is 11.6 Å². The number of amides is 1. The van der Waals surface area contributed by atoms with Crippen LogP contribution in [0.3, 0.4) is 0 Å². The van der Waals surface area contributed by atoms with Crippen molar-refractivity contribution in [1.29, 1.82) is 0 Å². The SMILES string of the molecule is Cc1cncc(C(=O)N2CCCC(c3cncc(Oc4ccccc4)n3)C2)c1. The zero-order chi connectivity index (χ0) is 19.3. The lowest BCUT2D eigenvalue weighted by atomic mass is 9.94. The van der Waals surface area contributed by atoms with E-state index in [-0.39, 0.29) is 11.8 Å². The highest BCUT2D eigenvalue weighted by atomic mass is 16.5. The van der Waals surface area contributed by atoms with E-state index >= 15 is 0 Å². The van der Waals surface area contributed by atoms with Crippen molar-refractivity contribution in [3.05, 3.63) is 78.0 Å². The number of aryl methyl sites for hydroxylation is 1. The minimum Gasteiger partial charge on any atom is -0.437 e. The Balaban J connectivity index is 1.48. The average molecular weight is 374 g/mol. The first kappa shape index (κ1) is 18.1. The van der Waals surface area contributed by atoms with E-state index in [4.69, 9.17) is 4.74 Å². The number of carbonyl (C=O) groups excluding carboxylic acids is 1. The highest BCUT2D eigenvalue weighted by Gasteiger charge is 2.27. The van der Waals surface area contributed by atoms with Crippen LogP contribution < -0.4 is 4.74 Å². The van der Waals surface area contributed by atoms with E-state index in [1.165, 1.54) is 0 Å². The zero-order valence-electron chi connectivity index (χ0n) is 15.8. The van der Waals surface area contributed by atoms with Crippen molar-refractivity contribution in [2.45, 2.75) is 25.7 Å². The predicted octanol–water partition coefficient (Wildman–Crippen LogP) is 3.99. The summed E-state index contributed by atoms with van der Waals surface area (Å²) in [6, 6.07) is 11.4. The molecule has 0 N–H and O–H groups in total. The Hall–Kier alpha value is -3.28. The van der Waals surface area contributed by atoms with Gasteiger partial charge in [0.05, 0.1) is 17.5 Å². The lowest BCUT2D eigenvalue weighted by molar-refractivity contribution is 0.0705. The standard InChI is InChI=1S/C22H22N4O2/c1-16-10-18(12-23-11-16)22(27)26-9-5-6-17(15-26)20-13-24-14-21(25-20)28-19-7-3-2-4-8-19/h2-4,7-8,10-14,17H,5-6,9,15H2,1H3. The maximum absolute atomic E-state index is 12.9. The molecule has 4 rings (SSSR count). The van der Waals surface area contributed by atoms with Gasteiger partial charge >= 0.3 is 0 Å². The van der Waals surface area contributed by atoms with Crippen LogP contribution in [0, 0.1) is 6.92 Å². The second-order valence-corrected chi connectivity index (χ2v) is 7.04. The smallest absolute Gasteiger partial charge is 0.255 e. The van der Waals surface area contributed by atoms with Gasteiger partial charge in [-0.2, -0.15) is 0 Å². The van der Waals surface area contributed by atoms with Gasteiger partial charge in [-0.3, -0.25) is 14.8 Å². The number of ether oxygens (including phenoxy) is 1. The lowest BCUT2D eigenvalue weighted by Gasteiger charge is -2.32. The maximum Gasteiger partial charge on any atom is 0.255 e. The number of aromatic nitrogens is 3. The number of carbonyl (C=O) groups is 1. The Morgan fingerprint density at radius 1 is 1.11 bits per heavy atom. The van der Waals surface area contributed by atoms with Crippen molar-refractivity contribution < 1.29 is 9.53 Å². The van der Waals surface area contributed by atoms with Gasteiger partial charge in [-0.05, 0) is 43.5 Å². The van der Waals surface area contributed by atoms with Crippen LogP contribution in [0.5, 0.6) is 11.6 Å². The van der Waals surface area contributed by atoms with E-state index in [1.54, 1.807) is 24.8 Å². The van der Waals surface area contributed by atoms with Crippen LogP contribution in [0.2, 0.25) is 0 Å². The summed E-state index contributed by atoms with van der Waals surface area (Å²) in [6.07, 6.45) is 8.67. The molecule has 6 nitrogen and oxygen atoms in total. The van der Waals surface area contributed by atoms with Crippen LogP contribution in [0.25, 0.3) is 0 Å². The second-order valence-electron chi connectivity index (χ2n) is 7.04. The van der Waals surface area contributed by atoms with Crippen molar-refractivity contribution in [2.24, 2.45) is 0 Å². The number of nitrogens with zero attached hydrogens (tertiary/aromatic N) is 4. The van der Waals surface area contributed by atoms with Crippen molar-refractivity contribution in [1.82, 2.24) is 19.9 Å². The summed E-state index contributed by atoms with van der Waals surface area (Å²) in [5, 5.41) is 0.